The van der Waals surface area contributed by atoms with Gasteiger partial charge in [-0.3, -0.25) is 10.4 Å². The Hall–Kier alpha value is -3.38. The molecular weight excluding hydrogens is 366 g/mol. The van der Waals surface area contributed by atoms with Crippen molar-refractivity contribution >= 4 is 11.6 Å². The number of anilines is 1. The Balaban J connectivity index is 1.68. The summed E-state index contributed by atoms with van der Waals surface area (Å²) in [7, 11) is 0. The summed E-state index contributed by atoms with van der Waals surface area (Å²) in [6.07, 6.45) is 1.67. The summed E-state index contributed by atoms with van der Waals surface area (Å²) in [5, 5.41) is 30.7. The SMILES string of the molecule is CCOC(=N)c1ccc(-c2ccc(NCc3cnc(C)c(O)c3CO)cc2)cc1. The van der Waals surface area contributed by atoms with Gasteiger partial charge in [-0.2, -0.15) is 0 Å². The number of hydrogen-bond donors (Lipinski definition) is 4. The van der Waals surface area contributed by atoms with Gasteiger partial charge in [0.05, 0.1) is 18.9 Å². The van der Waals surface area contributed by atoms with Crippen molar-refractivity contribution in [1.82, 2.24) is 4.98 Å². The van der Waals surface area contributed by atoms with Gasteiger partial charge in [-0.05, 0) is 54.8 Å². The molecule has 0 aliphatic heterocycles. The maximum atomic E-state index is 10.1. The van der Waals surface area contributed by atoms with Crippen LogP contribution in [0.25, 0.3) is 11.1 Å². The van der Waals surface area contributed by atoms with Crippen LogP contribution < -0.4 is 5.32 Å². The van der Waals surface area contributed by atoms with Crippen LogP contribution in [0.4, 0.5) is 5.69 Å². The molecule has 4 N–H and O–H groups in total. The van der Waals surface area contributed by atoms with Gasteiger partial charge in [0.1, 0.15) is 5.75 Å². The maximum absolute atomic E-state index is 10.1. The predicted molar refractivity (Wildman–Crippen MR) is 114 cm³/mol. The molecule has 0 bridgehead atoms. The Morgan fingerprint density at radius 2 is 1.69 bits per heavy atom. The minimum absolute atomic E-state index is 0.0445. The Kier molecular flexibility index (Phi) is 6.46. The number of aromatic hydroxyl groups is 1. The molecule has 3 aromatic rings. The number of aliphatic hydroxyl groups is 1. The first kappa shape index (κ1) is 20.4. The fraction of sp³-hybridized carbons (Fsp3) is 0.217. The molecule has 29 heavy (non-hydrogen) atoms. The van der Waals surface area contributed by atoms with Gasteiger partial charge in [0.2, 0.25) is 5.90 Å². The summed E-state index contributed by atoms with van der Waals surface area (Å²) in [6.45, 7) is 4.26. The van der Waals surface area contributed by atoms with Crippen molar-refractivity contribution in [3.8, 4) is 16.9 Å². The Bertz CT molecular complexity index is 983. The molecule has 1 aromatic heterocycles. The van der Waals surface area contributed by atoms with Gasteiger partial charge in [-0.15, -0.1) is 0 Å². The average molecular weight is 391 g/mol. The van der Waals surface area contributed by atoms with Gasteiger partial charge in [0.15, 0.2) is 0 Å². The second-order valence-corrected chi connectivity index (χ2v) is 6.62. The van der Waals surface area contributed by atoms with Crippen LogP contribution in [-0.4, -0.2) is 27.7 Å². The number of rotatable bonds is 7. The molecule has 1 heterocycles. The zero-order valence-corrected chi connectivity index (χ0v) is 16.6. The molecule has 0 aliphatic rings. The monoisotopic (exact) mass is 391 g/mol. The molecule has 0 unspecified atom stereocenters. The number of hydrogen-bond acceptors (Lipinski definition) is 6. The summed E-state index contributed by atoms with van der Waals surface area (Å²) in [4.78, 5) is 4.16. The predicted octanol–water partition coefficient (Wildman–Crippen LogP) is 4.23. The van der Waals surface area contributed by atoms with Crippen LogP contribution >= 0.6 is 0 Å². The van der Waals surface area contributed by atoms with Crippen LogP contribution in [0, 0.1) is 12.3 Å². The molecule has 6 heteroatoms. The fourth-order valence-electron chi connectivity index (χ4n) is 3.03. The van der Waals surface area contributed by atoms with E-state index in [0.29, 0.717) is 24.4 Å². The molecule has 3 rings (SSSR count). The summed E-state index contributed by atoms with van der Waals surface area (Å²) in [5.74, 6) is 0.223. The van der Waals surface area contributed by atoms with Crippen LogP contribution in [-0.2, 0) is 17.9 Å². The van der Waals surface area contributed by atoms with E-state index in [1.165, 1.54) is 0 Å². The second kappa shape index (κ2) is 9.21. The van der Waals surface area contributed by atoms with E-state index >= 15 is 0 Å². The quantitative estimate of drug-likeness (QED) is 0.357. The summed E-state index contributed by atoms with van der Waals surface area (Å²) in [6, 6.07) is 15.7. The van der Waals surface area contributed by atoms with Crippen molar-refractivity contribution in [3.63, 3.8) is 0 Å². The largest absolute Gasteiger partial charge is 0.506 e. The highest BCUT2D eigenvalue weighted by molar-refractivity contribution is 5.92. The molecular formula is C23H25N3O3. The van der Waals surface area contributed by atoms with Crippen LogP contribution in [0.15, 0.2) is 54.7 Å². The molecule has 0 spiro atoms. The van der Waals surface area contributed by atoms with Crippen LogP contribution in [0.1, 0.15) is 29.3 Å². The number of benzene rings is 2. The molecule has 0 radical (unpaired) electrons. The smallest absolute Gasteiger partial charge is 0.213 e. The molecule has 2 aromatic carbocycles. The lowest BCUT2D eigenvalue weighted by atomic mass is 10.0. The highest BCUT2D eigenvalue weighted by atomic mass is 16.5. The van der Waals surface area contributed by atoms with E-state index in [1.54, 1.807) is 13.1 Å². The van der Waals surface area contributed by atoms with Gasteiger partial charge in [0.25, 0.3) is 0 Å². The van der Waals surface area contributed by atoms with Crippen molar-refractivity contribution < 1.29 is 14.9 Å². The number of aromatic nitrogens is 1. The Morgan fingerprint density at radius 3 is 2.28 bits per heavy atom. The van der Waals surface area contributed by atoms with E-state index in [0.717, 1.165) is 27.9 Å². The minimum atomic E-state index is -0.234. The first-order valence-corrected chi connectivity index (χ1v) is 9.46. The van der Waals surface area contributed by atoms with Crippen molar-refractivity contribution in [1.29, 1.82) is 5.41 Å². The van der Waals surface area contributed by atoms with E-state index in [4.69, 9.17) is 10.1 Å². The third-order valence-corrected chi connectivity index (χ3v) is 4.73. The number of aryl methyl sites for hydroxylation is 1. The van der Waals surface area contributed by atoms with Crippen LogP contribution in [0.3, 0.4) is 0 Å². The number of ether oxygens (including phenoxy) is 1. The van der Waals surface area contributed by atoms with Crippen molar-refractivity contribution in [3.05, 3.63) is 77.1 Å². The average Bonchev–Trinajstić information content (AvgIpc) is 2.75. The molecule has 0 fully saturated rings. The molecule has 0 amide bonds. The van der Waals surface area contributed by atoms with Gasteiger partial charge in [-0.1, -0.05) is 24.3 Å². The second-order valence-electron chi connectivity index (χ2n) is 6.62. The number of nitrogens with zero attached hydrogens (tertiary/aromatic N) is 1. The highest BCUT2D eigenvalue weighted by Crippen LogP contribution is 2.25. The lowest BCUT2D eigenvalue weighted by Gasteiger charge is -2.13. The normalized spacial score (nSPS) is 10.6. The molecule has 0 atom stereocenters. The zero-order chi connectivity index (χ0) is 20.8. The van der Waals surface area contributed by atoms with E-state index < -0.39 is 0 Å². The van der Waals surface area contributed by atoms with Gasteiger partial charge in [-0.25, -0.2) is 0 Å². The number of aliphatic hydroxyl groups excluding tert-OH is 1. The van der Waals surface area contributed by atoms with Crippen molar-refractivity contribution in [2.75, 3.05) is 11.9 Å². The third-order valence-electron chi connectivity index (χ3n) is 4.73. The molecule has 0 saturated heterocycles. The van der Waals surface area contributed by atoms with E-state index in [9.17, 15) is 10.2 Å². The molecule has 0 aliphatic carbocycles. The van der Waals surface area contributed by atoms with Crippen molar-refractivity contribution in [2.45, 2.75) is 27.0 Å². The van der Waals surface area contributed by atoms with Crippen molar-refractivity contribution in [2.24, 2.45) is 0 Å². The third kappa shape index (κ3) is 4.73. The van der Waals surface area contributed by atoms with E-state index in [-0.39, 0.29) is 18.3 Å². The minimum Gasteiger partial charge on any atom is -0.506 e. The molecule has 150 valence electrons. The molecule has 6 nitrogen and oxygen atoms in total. The lowest BCUT2D eigenvalue weighted by Crippen LogP contribution is -2.05. The first-order valence-electron chi connectivity index (χ1n) is 9.46. The topological polar surface area (TPSA) is 98.5 Å². The summed E-state index contributed by atoms with van der Waals surface area (Å²) in [5.41, 5.74) is 5.56. The van der Waals surface area contributed by atoms with E-state index in [1.807, 2.05) is 55.5 Å². The molecule has 0 saturated carbocycles. The van der Waals surface area contributed by atoms with Gasteiger partial charge < -0.3 is 20.3 Å². The van der Waals surface area contributed by atoms with E-state index in [2.05, 4.69) is 10.3 Å². The van der Waals surface area contributed by atoms with Gasteiger partial charge in [0, 0.05) is 29.6 Å². The number of pyridine rings is 1. The summed E-state index contributed by atoms with van der Waals surface area (Å²) >= 11 is 0. The zero-order valence-electron chi connectivity index (χ0n) is 16.6. The van der Waals surface area contributed by atoms with Gasteiger partial charge >= 0.3 is 0 Å². The maximum Gasteiger partial charge on any atom is 0.213 e. The van der Waals surface area contributed by atoms with Crippen LogP contribution in [0.2, 0.25) is 0 Å². The standard InChI is InChI=1S/C23H25N3O3/c1-3-29-23(24)18-6-4-16(5-7-18)17-8-10-20(11-9-17)26-13-19-12-25-15(2)22(28)21(19)14-27/h4-12,24,26-28H,3,13-14H2,1-2H3. The Morgan fingerprint density at radius 1 is 1.07 bits per heavy atom. The lowest BCUT2D eigenvalue weighted by molar-refractivity contribution is 0.273. The summed E-state index contributed by atoms with van der Waals surface area (Å²) < 4.78 is 5.22. The highest BCUT2D eigenvalue weighted by Gasteiger charge is 2.11. The number of nitrogens with one attached hydrogen (secondary N) is 2. The Labute approximate surface area is 170 Å². The fourth-order valence-corrected chi connectivity index (χ4v) is 3.03. The first-order chi connectivity index (χ1) is 14.0. The van der Waals surface area contributed by atoms with Crippen LogP contribution in [0.5, 0.6) is 5.75 Å².